The Kier molecular flexibility index (Phi) is 5.67. The highest BCUT2D eigenvalue weighted by Crippen LogP contribution is 2.30. The van der Waals surface area contributed by atoms with E-state index in [2.05, 4.69) is 10.6 Å². The Labute approximate surface area is 158 Å². The maximum Gasteiger partial charge on any atom is 0.416 e. The molecule has 0 aliphatic heterocycles. The molecule has 0 saturated carbocycles. The van der Waals surface area contributed by atoms with Crippen molar-refractivity contribution in [3.05, 3.63) is 89.5 Å². The lowest BCUT2D eigenvalue weighted by Gasteiger charge is -2.12. The van der Waals surface area contributed by atoms with Crippen molar-refractivity contribution in [2.24, 2.45) is 0 Å². The number of urea groups is 1. The first-order valence-corrected chi connectivity index (χ1v) is 8.42. The van der Waals surface area contributed by atoms with Crippen LogP contribution in [0.25, 0.3) is 0 Å². The van der Waals surface area contributed by atoms with Crippen LogP contribution in [0.1, 0.15) is 16.8 Å². The molecular weight excluding hydrogens is 374 g/mol. The molecule has 28 heavy (non-hydrogen) atoms. The Bertz CT molecular complexity index is 966. The summed E-state index contributed by atoms with van der Waals surface area (Å²) in [6.07, 6.45) is -2.68. The molecular formula is C20H17F4N3O. The highest BCUT2D eigenvalue weighted by molar-refractivity contribution is 5.89. The van der Waals surface area contributed by atoms with Crippen molar-refractivity contribution in [3.8, 4) is 0 Å². The molecule has 0 spiro atoms. The summed E-state index contributed by atoms with van der Waals surface area (Å²) in [6.45, 7) is 0.587. The smallest absolute Gasteiger partial charge is 0.345 e. The second-order valence-corrected chi connectivity index (χ2v) is 6.14. The second-order valence-electron chi connectivity index (χ2n) is 6.14. The summed E-state index contributed by atoms with van der Waals surface area (Å²) < 4.78 is 53.4. The molecule has 2 amide bonds. The van der Waals surface area contributed by atoms with Crippen molar-refractivity contribution in [1.82, 2.24) is 9.88 Å². The van der Waals surface area contributed by atoms with E-state index in [-0.39, 0.29) is 18.0 Å². The van der Waals surface area contributed by atoms with E-state index in [0.717, 1.165) is 23.4 Å². The van der Waals surface area contributed by atoms with Crippen LogP contribution in [0.15, 0.2) is 66.9 Å². The van der Waals surface area contributed by atoms with Gasteiger partial charge in [-0.1, -0.05) is 18.2 Å². The van der Waals surface area contributed by atoms with Crippen LogP contribution in [0, 0.1) is 5.82 Å². The van der Waals surface area contributed by atoms with Gasteiger partial charge in [0.15, 0.2) is 0 Å². The van der Waals surface area contributed by atoms with Gasteiger partial charge in [0.25, 0.3) is 0 Å². The Morgan fingerprint density at radius 3 is 2.54 bits per heavy atom. The molecule has 146 valence electrons. The molecule has 2 N–H and O–H groups in total. The van der Waals surface area contributed by atoms with Gasteiger partial charge in [0.05, 0.1) is 12.1 Å². The lowest BCUT2D eigenvalue weighted by molar-refractivity contribution is -0.137. The van der Waals surface area contributed by atoms with Crippen LogP contribution in [0.4, 0.5) is 28.0 Å². The van der Waals surface area contributed by atoms with Crippen molar-refractivity contribution in [3.63, 3.8) is 0 Å². The van der Waals surface area contributed by atoms with E-state index in [1.807, 2.05) is 4.57 Å². The number of nitrogens with zero attached hydrogens (tertiary/aromatic N) is 1. The summed E-state index contributed by atoms with van der Waals surface area (Å²) in [5.41, 5.74) is 0.742. The molecule has 4 nitrogen and oxygen atoms in total. The summed E-state index contributed by atoms with van der Waals surface area (Å²) in [7, 11) is 0. The lowest BCUT2D eigenvalue weighted by atomic mass is 10.2. The zero-order chi connectivity index (χ0) is 20.1. The quantitative estimate of drug-likeness (QED) is 0.590. The number of nitrogens with one attached hydrogen (secondary N) is 2. The molecule has 0 fully saturated rings. The zero-order valence-corrected chi connectivity index (χ0v) is 14.6. The van der Waals surface area contributed by atoms with E-state index >= 15 is 0 Å². The zero-order valence-electron chi connectivity index (χ0n) is 14.6. The Hall–Kier alpha value is -3.29. The number of anilines is 1. The van der Waals surface area contributed by atoms with Gasteiger partial charge in [0.2, 0.25) is 0 Å². The van der Waals surface area contributed by atoms with Gasteiger partial charge in [-0.25, -0.2) is 9.18 Å². The summed E-state index contributed by atoms with van der Waals surface area (Å²) in [5.74, 6) is -0.329. The third-order valence-electron chi connectivity index (χ3n) is 4.04. The summed E-state index contributed by atoms with van der Waals surface area (Å²) in [5, 5.41) is 4.99. The topological polar surface area (TPSA) is 46.1 Å². The molecule has 0 unspecified atom stereocenters. The highest BCUT2D eigenvalue weighted by atomic mass is 19.4. The fourth-order valence-corrected chi connectivity index (χ4v) is 2.72. The highest BCUT2D eigenvalue weighted by Gasteiger charge is 2.30. The third-order valence-corrected chi connectivity index (χ3v) is 4.04. The van der Waals surface area contributed by atoms with Crippen molar-refractivity contribution >= 4 is 11.7 Å². The van der Waals surface area contributed by atoms with Crippen LogP contribution in [0.5, 0.6) is 0 Å². The summed E-state index contributed by atoms with van der Waals surface area (Å²) >= 11 is 0. The van der Waals surface area contributed by atoms with Crippen LogP contribution < -0.4 is 10.6 Å². The van der Waals surface area contributed by atoms with E-state index in [1.165, 1.54) is 24.3 Å². The molecule has 0 atom stereocenters. The molecule has 0 saturated heterocycles. The Morgan fingerprint density at radius 2 is 1.79 bits per heavy atom. The number of hydrogen-bond acceptors (Lipinski definition) is 1. The van der Waals surface area contributed by atoms with E-state index in [4.69, 9.17) is 0 Å². The maximum atomic E-state index is 13.3. The van der Waals surface area contributed by atoms with E-state index in [1.54, 1.807) is 30.5 Å². The van der Waals surface area contributed by atoms with Gasteiger partial charge < -0.3 is 15.2 Å². The van der Waals surface area contributed by atoms with Crippen molar-refractivity contribution < 1.29 is 22.4 Å². The van der Waals surface area contributed by atoms with Crippen LogP contribution in [0.3, 0.4) is 0 Å². The molecule has 3 rings (SSSR count). The van der Waals surface area contributed by atoms with Crippen LogP contribution in [-0.2, 0) is 19.3 Å². The van der Waals surface area contributed by atoms with E-state index in [9.17, 15) is 22.4 Å². The van der Waals surface area contributed by atoms with E-state index in [0.29, 0.717) is 6.54 Å². The van der Waals surface area contributed by atoms with Gasteiger partial charge in [0, 0.05) is 24.1 Å². The normalized spacial score (nSPS) is 11.3. The largest absolute Gasteiger partial charge is 0.416 e. The van der Waals surface area contributed by atoms with Crippen LogP contribution in [-0.4, -0.2) is 10.6 Å². The number of halogens is 4. The molecule has 1 aromatic heterocycles. The SMILES string of the molecule is O=C(NCc1cccn1Cc1cccc(F)c1)Nc1cccc(C(F)(F)F)c1. The average molecular weight is 391 g/mol. The van der Waals surface area contributed by atoms with Crippen LogP contribution >= 0.6 is 0 Å². The molecule has 8 heteroatoms. The predicted octanol–water partition coefficient (Wildman–Crippen LogP) is 5.02. The van der Waals surface area contributed by atoms with Gasteiger partial charge in [-0.2, -0.15) is 13.2 Å². The first-order valence-electron chi connectivity index (χ1n) is 8.42. The summed E-state index contributed by atoms with van der Waals surface area (Å²) in [4.78, 5) is 12.0. The van der Waals surface area contributed by atoms with Crippen molar-refractivity contribution in [1.29, 1.82) is 0 Å². The summed E-state index contributed by atoms with van der Waals surface area (Å²) in [6, 6.07) is 13.6. The minimum Gasteiger partial charge on any atom is -0.345 e. The number of carbonyl (C=O) groups is 1. The predicted molar refractivity (Wildman–Crippen MR) is 97.2 cm³/mol. The molecule has 3 aromatic rings. The van der Waals surface area contributed by atoms with Gasteiger partial charge >= 0.3 is 12.2 Å². The molecule has 0 aliphatic carbocycles. The molecule has 0 aliphatic rings. The Morgan fingerprint density at radius 1 is 1.00 bits per heavy atom. The number of alkyl halides is 3. The molecule has 0 bridgehead atoms. The number of aromatic nitrogens is 1. The van der Waals surface area contributed by atoms with Gasteiger partial charge in [-0.3, -0.25) is 0 Å². The monoisotopic (exact) mass is 391 g/mol. The van der Waals surface area contributed by atoms with Crippen molar-refractivity contribution in [2.45, 2.75) is 19.3 Å². The van der Waals surface area contributed by atoms with Crippen molar-refractivity contribution in [2.75, 3.05) is 5.32 Å². The fourth-order valence-electron chi connectivity index (χ4n) is 2.72. The number of rotatable bonds is 5. The first kappa shape index (κ1) is 19.5. The molecule has 1 heterocycles. The fraction of sp³-hybridized carbons (Fsp3) is 0.150. The minimum atomic E-state index is -4.48. The maximum absolute atomic E-state index is 13.3. The van der Waals surface area contributed by atoms with Crippen LogP contribution in [0.2, 0.25) is 0 Å². The standard InChI is InChI=1S/C20H17F4N3O/c21-16-6-1-4-14(10-16)13-27-9-3-8-18(27)12-25-19(28)26-17-7-2-5-15(11-17)20(22,23)24/h1-11H,12-13H2,(H2,25,26,28). The number of benzene rings is 2. The first-order chi connectivity index (χ1) is 13.3. The van der Waals surface area contributed by atoms with Gasteiger partial charge in [-0.15, -0.1) is 0 Å². The number of hydrogen-bond donors (Lipinski definition) is 2. The molecule has 2 aromatic carbocycles. The second kappa shape index (κ2) is 8.16. The third kappa shape index (κ3) is 5.12. The minimum absolute atomic E-state index is 0.0440. The van der Waals surface area contributed by atoms with E-state index < -0.39 is 17.8 Å². The van der Waals surface area contributed by atoms with Gasteiger partial charge in [0.1, 0.15) is 5.82 Å². The lowest BCUT2D eigenvalue weighted by Crippen LogP contribution is -2.29. The molecule has 0 radical (unpaired) electrons. The average Bonchev–Trinajstić information content (AvgIpc) is 3.06. The number of amides is 2. The number of carbonyl (C=O) groups excluding carboxylic acids is 1. The Balaban J connectivity index is 1.59. The van der Waals surface area contributed by atoms with Gasteiger partial charge in [-0.05, 0) is 48.0 Å².